The molecule has 5 heteroatoms. The Balaban J connectivity index is 2.23. The third kappa shape index (κ3) is 2.20. The first-order valence-corrected chi connectivity index (χ1v) is 7.97. The molecule has 4 rings (SSSR count). The van der Waals surface area contributed by atoms with E-state index in [1.807, 2.05) is 36.4 Å². The van der Waals surface area contributed by atoms with Gasteiger partial charge in [-0.25, -0.2) is 4.79 Å². The Hall–Kier alpha value is -3.78. The standard InChI is InChI=1S/C21H14N2O3/c1-25-17-8-4-2-6-12(17)14-10-15-13-7-3-5-9-18(13)26-21(24)19(15)20(23)16(14)11-22/h2-10H,23H2,1H3. The highest BCUT2D eigenvalue weighted by molar-refractivity contribution is 6.11. The van der Waals surface area contributed by atoms with Crippen molar-refractivity contribution in [3.8, 4) is 22.9 Å². The maximum atomic E-state index is 12.5. The average molecular weight is 342 g/mol. The second kappa shape index (κ2) is 5.94. The fourth-order valence-electron chi connectivity index (χ4n) is 3.27. The van der Waals surface area contributed by atoms with E-state index in [9.17, 15) is 10.1 Å². The molecule has 1 heterocycles. The van der Waals surface area contributed by atoms with Crippen LogP contribution in [0.4, 0.5) is 5.69 Å². The molecule has 3 aromatic carbocycles. The van der Waals surface area contributed by atoms with Crippen LogP contribution in [0, 0.1) is 11.3 Å². The molecule has 0 aliphatic heterocycles. The predicted molar refractivity (Wildman–Crippen MR) is 101 cm³/mol. The molecule has 2 N–H and O–H groups in total. The van der Waals surface area contributed by atoms with Crippen molar-refractivity contribution in [3.05, 3.63) is 70.6 Å². The number of anilines is 1. The summed E-state index contributed by atoms with van der Waals surface area (Å²) < 4.78 is 10.8. The Labute approximate surface area is 148 Å². The summed E-state index contributed by atoms with van der Waals surface area (Å²) >= 11 is 0. The lowest BCUT2D eigenvalue weighted by molar-refractivity contribution is 0.416. The molecule has 0 aliphatic carbocycles. The molecule has 126 valence electrons. The van der Waals surface area contributed by atoms with E-state index in [1.54, 1.807) is 25.3 Å². The van der Waals surface area contributed by atoms with Crippen LogP contribution in [0.25, 0.3) is 32.9 Å². The first-order valence-electron chi connectivity index (χ1n) is 7.97. The van der Waals surface area contributed by atoms with Crippen LogP contribution in [0.2, 0.25) is 0 Å². The SMILES string of the molecule is COc1ccccc1-c1cc2c(c(N)c1C#N)c(=O)oc1ccccc12. The highest BCUT2D eigenvalue weighted by Crippen LogP contribution is 2.39. The largest absolute Gasteiger partial charge is 0.496 e. The van der Waals surface area contributed by atoms with Gasteiger partial charge < -0.3 is 14.9 Å². The number of fused-ring (bicyclic) bond motifs is 3. The molecule has 0 bridgehead atoms. The summed E-state index contributed by atoms with van der Waals surface area (Å²) in [5, 5.41) is 11.3. The summed E-state index contributed by atoms with van der Waals surface area (Å²) in [7, 11) is 1.57. The number of nitrogens with zero attached hydrogens (tertiary/aromatic N) is 1. The van der Waals surface area contributed by atoms with E-state index < -0.39 is 5.63 Å². The number of rotatable bonds is 2. The fraction of sp³-hybridized carbons (Fsp3) is 0.0476. The van der Waals surface area contributed by atoms with E-state index in [1.165, 1.54) is 0 Å². The molecule has 0 aliphatic rings. The zero-order valence-corrected chi connectivity index (χ0v) is 13.9. The van der Waals surface area contributed by atoms with Crippen LogP contribution in [0.3, 0.4) is 0 Å². The molecule has 0 amide bonds. The molecule has 0 atom stereocenters. The van der Waals surface area contributed by atoms with Gasteiger partial charge in [-0.05, 0) is 18.2 Å². The minimum Gasteiger partial charge on any atom is -0.496 e. The second-order valence-corrected chi connectivity index (χ2v) is 5.83. The summed E-state index contributed by atoms with van der Waals surface area (Å²) in [4.78, 5) is 12.5. The third-order valence-corrected chi connectivity index (χ3v) is 4.46. The number of benzene rings is 3. The van der Waals surface area contributed by atoms with Gasteiger partial charge in [0.05, 0.1) is 23.7 Å². The minimum atomic E-state index is -0.556. The molecule has 0 saturated heterocycles. The predicted octanol–water partition coefficient (Wildman–Crippen LogP) is 4.08. The van der Waals surface area contributed by atoms with E-state index in [0.717, 1.165) is 10.9 Å². The van der Waals surface area contributed by atoms with E-state index in [0.29, 0.717) is 22.3 Å². The quantitative estimate of drug-likeness (QED) is 0.337. The van der Waals surface area contributed by atoms with Crippen LogP contribution in [-0.4, -0.2) is 7.11 Å². The van der Waals surface area contributed by atoms with Gasteiger partial charge in [-0.1, -0.05) is 36.4 Å². The maximum Gasteiger partial charge on any atom is 0.346 e. The molecule has 0 saturated carbocycles. The maximum absolute atomic E-state index is 12.5. The van der Waals surface area contributed by atoms with Gasteiger partial charge in [0.1, 0.15) is 17.4 Å². The average Bonchev–Trinajstić information content (AvgIpc) is 2.67. The van der Waals surface area contributed by atoms with E-state index >= 15 is 0 Å². The van der Waals surface area contributed by atoms with E-state index in [4.69, 9.17) is 14.9 Å². The smallest absolute Gasteiger partial charge is 0.346 e. The van der Waals surface area contributed by atoms with Crippen molar-refractivity contribution < 1.29 is 9.15 Å². The monoisotopic (exact) mass is 342 g/mol. The van der Waals surface area contributed by atoms with Crippen LogP contribution in [0.1, 0.15) is 5.56 Å². The van der Waals surface area contributed by atoms with Crippen LogP contribution in [-0.2, 0) is 0 Å². The Kier molecular flexibility index (Phi) is 3.59. The number of ether oxygens (including phenoxy) is 1. The van der Waals surface area contributed by atoms with Crippen molar-refractivity contribution in [2.45, 2.75) is 0 Å². The number of hydrogen-bond acceptors (Lipinski definition) is 5. The Morgan fingerprint density at radius 3 is 2.54 bits per heavy atom. The van der Waals surface area contributed by atoms with Gasteiger partial charge in [-0.2, -0.15) is 5.26 Å². The molecule has 1 aromatic heterocycles. The molecule has 0 radical (unpaired) electrons. The summed E-state index contributed by atoms with van der Waals surface area (Å²) in [6.45, 7) is 0. The van der Waals surface area contributed by atoms with Gasteiger partial charge in [-0.3, -0.25) is 0 Å². The number of nitrogen functional groups attached to an aromatic ring is 1. The van der Waals surface area contributed by atoms with E-state index in [2.05, 4.69) is 6.07 Å². The zero-order valence-electron chi connectivity index (χ0n) is 13.9. The van der Waals surface area contributed by atoms with Gasteiger partial charge in [0.15, 0.2) is 0 Å². The number of methoxy groups -OCH3 is 1. The van der Waals surface area contributed by atoms with Crippen molar-refractivity contribution in [2.24, 2.45) is 0 Å². The van der Waals surface area contributed by atoms with Crippen molar-refractivity contribution >= 4 is 27.4 Å². The van der Waals surface area contributed by atoms with Gasteiger partial charge in [0, 0.05) is 21.9 Å². The van der Waals surface area contributed by atoms with Crippen LogP contribution < -0.4 is 16.1 Å². The lowest BCUT2D eigenvalue weighted by Crippen LogP contribution is -2.06. The Morgan fingerprint density at radius 2 is 1.77 bits per heavy atom. The molecule has 0 unspecified atom stereocenters. The number of nitrogens with two attached hydrogens (primary N) is 1. The van der Waals surface area contributed by atoms with Crippen LogP contribution >= 0.6 is 0 Å². The minimum absolute atomic E-state index is 0.116. The normalized spacial score (nSPS) is 10.8. The fourth-order valence-corrected chi connectivity index (χ4v) is 3.27. The number of para-hydroxylation sites is 2. The summed E-state index contributed by atoms with van der Waals surface area (Å²) in [5.74, 6) is 0.620. The lowest BCUT2D eigenvalue weighted by atomic mass is 9.93. The summed E-state index contributed by atoms with van der Waals surface area (Å²) in [5.41, 5.74) is 7.84. The van der Waals surface area contributed by atoms with Crippen LogP contribution in [0.5, 0.6) is 5.75 Å². The second-order valence-electron chi connectivity index (χ2n) is 5.83. The highest BCUT2D eigenvalue weighted by Gasteiger charge is 2.19. The topological polar surface area (TPSA) is 89.2 Å². The van der Waals surface area contributed by atoms with Gasteiger partial charge in [-0.15, -0.1) is 0 Å². The first-order chi connectivity index (χ1) is 12.7. The van der Waals surface area contributed by atoms with Crippen molar-refractivity contribution in [3.63, 3.8) is 0 Å². The van der Waals surface area contributed by atoms with Crippen molar-refractivity contribution in [1.29, 1.82) is 5.26 Å². The summed E-state index contributed by atoms with van der Waals surface area (Å²) in [6.07, 6.45) is 0. The zero-order chi connectivity index (χ0) is 18.3. The van der Waals surface area contributed by atoms with Gasteiger partial charge in [0.25, 0.3) is 0 Å². The first kappa shape index (κ1) is 15.7. The lowest BCUT2D eigenvalue weighted by Gasteiger charge is -2.14. The third-order valence-electron chi connectivity index (χ3n) is 4.46. The molecular formula is C21H14N2O3. The Bertz CT molecular complexity index is 1270. The van der Waals surface area contributed by atoms with Gasteiger partial charge in [0.2, 0.25) is 0 Å². The summed E-state index contributed by atoms with van der Waals surface area (Å²) in [6, 6.07) is 18.5. The Morgan fingerprint density at radius 1 is 1.04 bits per heavy atom. The molecule has 0 fully saturated rings. The molecule has 5 nitrogen and oxygen atoms in total. The van der Waals surface area contributed by atoms with E-state index in [-0.39, 0.29) is 16.6 Å². The van der Waals surface area contributed by atoms with Crippen molar-refractivity contribution in [1.82, 2.24) is 0 Å². The van der Waals surface area contributed by atoms with Gasteiger partial charge >= 0.3 is 5.63 Å². The molecule has 26 heavy (non-hydrogen) atoms. The molecule has 4 aromatic rings. The number of nitriles is 1. The van der Waals surface area contributed by atoms with Crippen LogP contribution in [0.15, 0.2) is 63.8 Å². The molecule has 0 spiro atoms. The molecular weight excluding hydrogens is 328 g/mol. The van der Waals surface area contributed by atoms with Crippen molar-refractivity contribution in [2.75, 3.05) is 12.8 Å². The highest BCUT2D eigenvalue weighted by atomic mass is 16.5. The number of hydrogen-bond donors (Lipinski definition) is 1.